The molecule has 0 unspecified atom stereocenters. The van der Waals surface area contributed by atoms with Crippen molar-refractivity contribution in [3.8, 4) is 0 Å². The summed E-state index contributed by atoms with van der Waals surface area (Å²) in [6.07, 6.45) is 3.44. The van der Waals surface area contributed by atoms with Crippen LogP contribution in [0.4, 0.5) is 0 Å². The van der Waals surface area contributed by atoms with Crippen LogP contribution in [0.1, 0.15) is 48.4 Å². The molecule has 0 aromatic heterocycles. The molecule has 0 radical (unpaired) electrons. The maximum Gasteiger partial charge on any atom is 1.00 e. The Hall–Kier alpha value is 0.0674. The van der Waals surface area contributed by atoms with Crippen LogP contribution in [0.5, 0.6) is 0 Å². The van der Waals surface area contributed by atoms with Gasteiger partial charge < -0.3 is 7.16 Å². The zero-order valence-electron chi connectivity index (χ0n) is 11.2. The molecule has 0 aromatic carbocycles. The first-order valence-electron chi connectivity index (χ1n) is 5.07. The molecule has 0 aromatic rings. The molecule has 3 heteroatoms. The summed E-state index contributed by atoms with van der Waals surface area (Å²) in [5.74, 6) is -0.108. The van der Waals surface area contributed by atoms with Gasteiger partial charge in [-0.3, -0.25) is 4.79 Å². The molecule has 0 aliphatic heterocycles. The van der Waals surface area contributed by atoms with Crippen molar-refractivity contribution in [1.82, 2.24) is 0 Å². The normalized spacial score (nSPS) is 25.1. The molecule has 0 heterocycles. The van der Waals surface area contributed by atoms with E-state index in [1.165, 1.54) is 6.42 Å². The molecular formula is C11H22LiNO. The van der Waals surface area contributed by atoms with Crippen molar-refractivity contribution in [2.45, 2.75) is 47.0 Å². The van der Waals surface area contributed by atoms with Gasteiger partial charge in [0.15, 0.2) is 0 Å². The third-order valence-corrected chi connectivity index (χ3v) is 3.49. The summed E-state index contributed by atoms with van der Waals surface area (Å²) in [4.78, 5) is 11.4. The zero-order valence-corrected chi connectivity index (χ0v) is 10.2. The van der Waals surface area contributed by atoms with E-state index in [2.05, 4.69) is 27.7 Å². The fourth-order valence-electron chi connectivity index (χ4n) is 3.12. The molecular weight excluding hydrogens is 169 g/mol. The number of hydrogen-bond donors (Lipinski definition) is 1. The Balaban J connectivity index is 0. The molecule has 1 fully saturated rings. The summed E-state index contributed by atoms with van der Waals surface area (Å²) in [5.41, 5.74) is 5.63. The molecule has 0 atom stereocenters. The maximum absolute atomic E-state index is 11.4. The number of primary amides is 1. The van der Waals surface area contributed by atoms with E-state index in [1.54, 1.807) is 0 Å². The molecule has 1 amide bonds. The van der Waals surface area contributed by atoms with Gasteiger partial charge in [0.05, 0.1) is 0 Å². The van der Waals surface area contributed by atoms with Gasteiger partial charge in [-0.25, -0.2) is 0 Å². The van der Waals surface area contributed by atoms with E-state index in [-0.39, 0.29) is 42.9 Å². The van der Waals surface area contributed by atoms with Crippen molar-refractivity contribution >= 4 is 5.91 Å². The van der Waals surface area contributed by atoms with Gasteiger partial charge in [0.25, 0.3) is 0 Å². The van der Waals surface area contributed by atoms with E-state index in [0.29, 0.717) is 0 Å². The van der Waals surface area contributed by atoms with Crippen LogP contribution < -0.4 is 24.6 Å². The van der Waals surface area contributed by atoms with Crippen LogP contribution in [0.3, 0.4) is 0 Å². The molecule has 2 nitrogen and oxygen atoms in total. The first kappa shape index (κ1) is 14.1. The molecule has 2 N–H and O–H groups in total. The standard InChI is InChI=1S/C11H21NO.Li.H/c1-10(2)6-5-7-11(3,4)8(10)9(12)13;;/h8H,5-7H2,1-4H3,(H2,12,13);;/q;+1;-1. The first-order valence-corrected chi connectivity index (χ1v) is 5.07. The van der Waals surface area contributed by atoms with Gasteiger partial charge in [0.1, 0.15) is 0 Å². The quantitative estimate of drug-likeness (QED) is 0.555. The van der Waals surface area contributed by atoms with Crippen molar-refractivity contribution in [2.24, 2.45) is 22.5 Å². The van der Waals surface area contributed by atoms with Crippen LogP contribution in [0.15, 0.2) is 0 Å². The minimum Gasteiger partial charge on any atom is -1.00 e. The molecule has 0 bridgehead atoms. The molecule has 78 valence electrons. The van der Waals surface area contributed by atoms with Crippen LogP contribution in [-0.2, 0) is 4.79 Å². The van der Waals surface area contributed by atoms with Gasteiger partial charge in [0.2, 0.25) is 5.91 Å². The molecule has 1 aliphatic rings. The number of hydrogen-bond acceptors (Lipinski definition) is 1. The smallest absolute Gasteiger partial charge is 1.00 e. The second kappa shape index (κ2) is 4.29. The number of amides is 1. The van der Waals surface area contributed by atoms with Crippen LogP contribution in [0, 0.1) is 16.7 Å². The molecule has 1 aliphatic carbocycles. The Bertz CT molecular complexity index is 213. The predicted molar refractivity (Wildman–Crippen MR) is 55.2 cm³/mol. The van der Waals surface area contributed by atoms with Crippen molar-refractivity contribution in [3.05, 3.63) is 0 Å². The summed E-state index contributed by atoms with van der Waals surface area (Å²) < 4.78 is 0. The van der Waals surface area contributed by atoms with Crippen LogP contribution >= 0.6 is 0 Å². The summed E-state index contributed by atoms with van der Waals surface area (Å²) in [6.45, 7) is 8.62. The van der Waals surface area contributed by atoms with Gasteiger partial charge in [-0.15, -0.1) is 0 Å². The van der Waals surface area contributed by atoms with E-state index in [0.717, 1.165) is 12.8 Å². The predicted octanol–water partition coefficient (Wildman–Crippen LogP) is -0.559. The molecule has 1 saturated carbocycles. The second-order valence-corrected chi connectivity index (χ2v) is 5.67. The minimum absolute atomic E-state index is 0. The topological polar surface area (TPSA) is 43.1 Å². The Morgan fingerprint density at radius 2 is 1.57 bits per heavy atom. The maximum atomic E-state index is 11.4. The van der Waals surface area contributed by atoms with Crippen molar-refractivity contribution in [3.63, 3.8) is 0 Å². The third-order valence-electron chi connectivity index (χ3n) is 3.49. The molecule has 0 spiro atoms. The van der Waals surface area contributed by atoms with E-state index in [1.807, 2.05) is 0 Å². The monoisotopic (exact) mass is 191 g/mol. The average molecular weight is 191 g/mol. The number of rotatable bonds is 1. The summed E-state index contributed by atoms with van der Waals surface area (Å²) in [6, 6.07) is 0. The SMILES string of the molecule is CC1(C)CCCC(C)(C)C1C(N)=O.[H-].[Li+]. The molecule has 14 heavy (non-hydrogen) atoms. The Morgan fingerprint density at radius 3 is 1.79 bits per heavy atom. The first-order chi connectivity index (χ1) is 5.77. The van der Waals surface area contributed by atoms with E-state index < -0.39 is 0 Å². The fourth-order valence-corrected chi connectivity index (χ4v) is 3.12. The van der Waals surface area contributed by atoms with Gasteiger partial charge >= 0.3 is 18.9 Å². The summed E-state index contributed by atoms with van der Waals surface area (Å²) in [5, 5.41) is 0. The van der Waals surface area contributed by atoms with Gasteiger partial charge in [-0.1, -0.05) is 34.1 Å². The Kier molecular flexibility index (Phi) is 4.31. The van der Waals surface area contributed by atoms with Crippen LogP contribution in [0.2, 0.25) is 0 Å². The molecule has 0 saturated heterocycles. The summed E-state index contributed by atoms with van der Waals surface area (Å²) >= 11 is 0. The van der Waals surface area contributed by atoms with E-state index in [9.17, 15) is 4.79 Å². The van der Waals surface area contributed by atoms with Crippen LogP contribution in [0.25, 0.3) is 0 Å². The Morgan fingerprint density at radius 1 is 1.21 bits per heavy atom. The summed E-state index contributed by atoms with van der Waals surface area (Å²) in [7, 11) is 0. The van der Waals surface area contributed by atoms with Gasteiger partial charge in [-0.05, 0) is 23.7 Å². The van der Waals surface area contributed by atoms with Gasteiger partial charge in [-0.2, -0.15) is 0 Å². The van der Waals surface area contributed by atoms with Crippen LogP contribution in [-0.4, -0.2) is 5.91 Å². The van der Waals surface area contributed by atoms with E-state index >= 15 is 0 Å². The second-order valence-electron chi connectivity index (χ2n) is 5.67. The number of nitrogens with two attached hydrogens (primary N) is 1. The number of carbonyl (C=O) groups is 1. The largest absolute Gasteiger partial charge is 1.00 e. The third kappa shape index (κ3) is 2.55. The zero-order chi connectivity index (χ0) is 10.3. The minimum atomic E-state index is -0.130. The molecule has 1 rings (SSSR count). The number of carbonyl (C=O) groups excluding carboxylic acids is 1. The van der Waals surface area contributed by atoms with Crippen molar-refractivity contribution < 1.29 is 25.1 Å². The van der Waals surface area contributed by atoms with Gasteiger partial charge in [0, 0.05) is 5.92 Å². The average Bonchev–Trinajstić information content (AvgIpc) is 1.79. The fraction of sp³-hybridized carbons (Fsp3) is 0.909. The van der Waals surface area contributed by atoms with Crippen molar-refractivity contribution in [2.75, 3.05) is 0 Å². The van der Waals surface area contributed by atoms with E-state index in [4.69, 9.17) is 5.73 Å². The Labute approximate surface area is 101 Å². The van der Waals surface area contributed by atoms with Crippen molar-refractivity contribution in [1.29, 1.82) is 0 Å².